The van der Waals surface area contributed by atoms with E-state index in [2.05, 4.69) is 4.72 Å². The summed E-state index contributed by atoms with van der Waals surface area (Å²) in [6.07, 6.45) is 0.0166. The first-order valence-corrected chi connectivity index (χ1v) is 19.9. The van der Waals surface area contributed by atoms with Crippen molar-refractivity contribution in [2.24, 2.45) is 0 Å². The molecule has 0 radical (unpaired) electrons. The molecule has 2 atom stereocenters. The number of aromatic nitrogens is 1. The number of carbonyl (C=O) groups is 4. The Morgan fingerprint density at radius 3 is 1.81 bits per heavy atom. The Kier molecular flexibility index (Phi) is 15.2. The molecule has 5 N–H and O–H groups in total. The summed E-state index contributed by atoms with van der Waals surface area (Å²) < 4.78 is 26.7. The maximum Gasteiger partial charge on any atom is 0.320 e. The molecule has 4 rings (SSSR count). The van der Waals surface area contributed by atoms with Crippen LogP contribution in [0.2, 0.25) is 0 Å². The zero-order chi connectivity index (χ0) is 38.7. The predicted octanol–water partition coefficient (Wildman–Crippen LogP) is 0.717. The van der Waals surface area contributed by atoms with E-state index in [9.17, 15) is 52.8 Å². The van der Waals surface area contributed by atoms with Crippen LogP contribution in [0.3, 0.4) is 0 Å². The summed E-state index contributed by atoms with van der Waals surface area (Å²) in [4.78, 5) is 73.6. The monoisotopic (exact) mass is 778 g/mol. The van der Waals surface area contributed by atoms with Gasteiger partial charge in [0.05, 0.1) is 17.3 Å². The minimum atomic E-state index is -3.51. The third-order valence-electron chi connectivity index (χ3n) is 9.21. The van der Waals surface area contributed by atoms with Gasteiger partial charge in [0.1, 0.15) is 16.9 Å². The van der Waals surface area contributed by atoms with Crippen LogP contribution in [0.1, 0.15) is 31.4 Å². The molecular weight excluding hydrogens is 733 g/mol. The molecule has 0 amide bonds. The molecule has 1 aliphatic rings. The van der Waals surface area contributed by atoms with E-state index in [1.165, 1.54) is 11.3 Å². The largest absolute Gasteiger partial charge is 0.481 e. The van der Waals surface area contributed by atoms with E-state index in [0.717, 1.165) is 11.0 Å². The molecule has 2 aromatic heterocycles. The van der Waals surface area contributed by atoms with Crippen molar-refractivity contribution in [1.29, 1.82) is 0 Å². The average Bonchev–Trinajstić information content (AvgIpc) is 3.07. The molecule has 3 heterocycles. The minimum absolute atomic E-state index is 0.0403. The summed E-state index contributed by atoms with van der Waals surface area (Å²) in [7, 11) is -3.51. The molecule has 1 fully saturated rings. The quantitative estimate of drug-likeness (QED) is 0.126. The van der Waals surface area contributed by atoms with Gasteiger partial charge in [-0.15, -0.1) is 11.3 Å². The molecule has 53 heavy (non-hydrogen) atoms. The summed E-state index contributed by atoms with van der Waals surface area (Å²) in [5.41, 5.74) is 0.494. The molecule has 290 valence electrons. The van der Waals surface area contributed by atoms with Crippen LogP contribution in [0.5, 0.6) is 0 Å². The number of fused-ring (bicyclic) bond motifs is 2. The highest BCUT2D eigenvalue weighted by Crippen LogP contribution is 2.24. The zero-order valence-electron chi connectivity index (χ0n) is 29.4. The third-order valence-corrected chi connectivity index (χ3v) is 11.0. The van der Waals surface area contributed by atoms with Crippen LogP contribution in [0.25, 0.3) is 20.3 Å². The van der Waals surface area contributed by atoms with Gasteiger partial charge in [-0.05, 0) is 37.1 Å². The Bertz CT molecular complexity index is 1890. The lowest BCUT2D eigenvalue weighted by molar-refractivity contribution is -0.146. The Morgan fingerprint density at radius 2 is 1.30 bits per heavy atom. The molecule has 0 unspecified atom stereocenters. The molecule has 17 nitrogen and oxygen atoms in total. The number of hydrogen-bond donors (Lipinski definition) is 5. The van der Waals surface area contributed by atoms with Gasteiger partial charge >= 0.3 is 23.9 Å². The molecule has 1 saturated heterocycles. The molecule has 1 aliphatic heterocycles. The van der Waals surface area contributed by atoms with E-state index in [-0.39, 0.29) is 103 Å². The number of aliphatic carboxylic acids is 4. The van der Waals surface area contributed by atoms with Crippen molar-refractivity contribution in [3.63, 3.8) is 0 Å². The van der Waals surface area contributed by atoms with Gasteiger partial charge in [-0.2, -0.15) is 0 Å². The number of benzene rings is 1. The van der Waals surface area contributed by atoms with E-state index in [1.807, 2.05) is 21.9 Å². The Morgan fingerprint density at radius 1 is 0.774 bits per heavy atom. The van der Waals surface area contributed by atoms with Crippen molar-refractivity contribution >= 4 is 65.5 Å². The van der Waals surface area contributed by atoms with Gasteiger partial charge in [0.2, 0.25) is 10.0 Å². The van der Waals surface area contributed by atoms with Crippen LogP contribution >= 0.6 is 11.3 Å². The van der Waals surface area contributed by atoms with Crippen LogP contribution in [-0.2, 0) is 35.7 Å². The Labute approximate surface area is 310 Å². The van der Waals surface area contributed by atoms with Crippen LogP contribution in [0.15, 0.2) is 41.2 Å². The highest BCUT2D eigenvalue weighted by molar-refractivity contribution is 7.88. The van der Waals surface area contributed by atoms with Crippen molar-refractivity contribution < 1.29 is 48.0 Å². The van der Waals surface area contributed by atoms with E-state index < -0.39 is 46.0 Å². The molecular formula is C34H46N6O11S2. The van der Waals surface area contributed by atoms with Gasteiger partial charge < -0.3 is 20.4 Å². The number of carboxylic acid groups (broad SMARTS) is 4. The van der Waals surface area contributed by atoms with Crippen LogP contribution in [-0.4, -0.2) is 161 Å². The van der Waals surface area contributed by atoms with Crippen molar-refractivity contribution in [3.05, 3.63) is 52.3 Å². The summed E-state index contributed by atoms with van der Waals surface area (Å²) in [6, 6.07) is 8.49. The third kappa shape index (κ3) is 12.8. The summed E-state index contributed by atoms with van der Waals surface area (Å²) in [5.74, 6) is -4.62. The lowest BCUT2D eigenvalue weighted by atomic mass is 10.1. The first-order valence-electron chi connectivity index (χ1n) is 17.2. The zero-order valence-corrected chi connectivity index (χ0v) is 31.1. The lowest BCUT2D eigenvalue weighted by Crippen LogP contribution is -2.53. The molecule has 0 bridgehead atoms. The first-order chi connectivity index (χ1) is 25.1. The van der Waals surface area contributed by atoms with Crippen molar-refractivity contribution in [3.8, 4) is 0 Å². The van der Waals surface area contributed by atoms with Crippen LogP contribution in [0.4, 0.5) is 0 Å². The molecule has 0 spiro atoms. The number of carboxylic acids is 4. The van der Waals surface area contributed by atoms with Gasteiger partial charge in [-0.25, -0.2) is 18.1 Å². The van der Waals surface area contributed by atoms with E-state index in [0.29, 0.717) is 21.3 Å². The average molecular weight is 779 g/mol. The predicted molar refractivity (Wildman–Crippen MR) is 198 cm³/mol. The van der Waals surface area contributed by atoms with Crippen molar-refractivity contribution in [2.45, 2.75) is 44.3 Å². The molecule has 0 aliphatic carbocycles. The smallest absolute Gasteiger partial charge is 0.320 e. The SMILES string of the molecule is CS(=O)(=O)NCCN1CCN([C@@H](CCC(=O)O)C(=O)O)CCN(Cc2ccc3c(=O)c4ccccc4sc3n2)CCN([C@@H](CCC(=O)O)C(=O)O)CC1. The van der Waals surface area contributed by atoms with E-state index in [1.54, 1.807) is 34.1 Å². The summed E-state index contributed by atoms with van der Waals surface area (Å²) in [5, 5.41) is 40.1. The van der Waals surface area contributed by atoms with Crippen LogP contribution < -0.4 is 10.2 Å². The normalized spacial score (nSPS) is 17.5. The van der Waals surface area contributed by atoms with Gasteiger partial charge in [0.15, 0.2) is 5.43 Å². The topological polar surface area (TPSA) is 238 Å². The second-order valence-corrected chi connectivity index (χ2v) is 15.9. The number of hydrogen-bond acceptors (Lipinski definition) is 13. The minimum Gasteiger partial charge on any atom is -0.481 e. The summed E-state index contributed by atoms with van der Waals surface area (Å²) >= 11 is 1.38. The van der Waals surface area contributed by atoms with Gasteiger partial charge in [0, 0.05) is 94.9 Å². The van der Waals surface area contributed by atoms with E-state index in [4.69, 9.17) is 4.98 Å². The first kappa shape index (κ1) is 41.6. The second kappa shape index (κ2) is 19.3. The van der Waals surface area contributed by atoms with Gasteiger partial charge in [-0.1, -0.05) is 12.1 Å². The highest BCUT2D eigenvalue weighted by Gasteiger charge is 2.30. The van der Waals surface area contributed by atoms with Crippen molar-refractivity contribution in [2.75, 3.05) is 71.7 Å². The number of sulfonamides is 1. The molecule has 3 aromatic rings. The fraction of sp³-hybridized carbons (Fsp3) is 0.529. The molecule has 19 heteroatoms. The van der Waals surface area contributed by atoms with Gasteiger partial charge in [0.25, 0.3) is 0 Å². The Hall–Kier alpha value is -4.11. The fourth-order valence-corrected chi connectivity index (χ4v) is 7.93. The molecule has 0 saturated carbocycles. The highest BCUT2D eigenvalue weighted by atomic mass is 32.2. The van der Waals surface area contributed by atoms with Gasteiger partial charge in [-0.3, -0.25) is 43.6 Å². The fourth-order valence-electron chi connectivity index (χ4n) is 6.40. The summed E-state index contributed by atoms with van der Waals surface area (Å²) in [6.45, 7) is 2.33. The van der Waals surface area contributed by atoms with E-state index >= 15 is 0 Å². The number of pyridine rings is 1. The number of nitrogens with zero attached hydrogens (tertiary/aromatic N) is 5. The lowest BCUT2D eigenvalue weighted by Gasteiger charge is -2.37. The second-order valence-electron chi connectivity index (χ2n) is 13.0. The maximum absolute atomic E-state index is 13.2. The standard InChI is InChI=1S/C34H46N6O11S2/c1-53(50,51)35-12-13-37-14-18-39(26(33(46)47)8-10-29(41)42)20-16-38(17-21-40(19-15-37)27(34(48)49)9-11-30(43)44)22-23-6-7-25-31(45)24-4-2-3-5-28(24)52-32(25)36-23/h2-7,26-27,35H,8-22H2,1H3,(H,41,42)(H,43,44)(H,46,47)(H,48,49)/t26-,27-/m0/s1. The molecule has 1 aromatic carbocycles. The maximum atomic E-state index is 13.2. The number of rotatable bonds is 16. The number of nitrogens with one attached hydrogen (secondary N) is 1. The van der Waals surface area contributed by atoms with Crippen LogP contribution in [0, 0.1) is 0 Å². The van der Waals surface area contributed by atoms with Crippen molar-refractivity contribution in [1.82, 2.24) is 29.3 Å². The Balaban J connectivity index is 1.67.